The molecule has 1 aromatic rings. The lowest BCUT2D eigenvalue weighted by Gasteiger charge is -2.36. The van der Waals surface area contributed by atoms with Gasteiger partial charge in [-0.3, -0.25) is 9.79 Å². The molecule has 7 nitrogen and oxygen atoms in total. The molecule has 2 N–H and O–H groups in total. The number of hydrogen-bond donors (Lipinski definition) is 2. The number of anilines is 1. The number of carbonyl (C=O) groups is 1. The summed E-state index contributed by atoms with van der Waals surface area (Å²) in [7, 11) is -2.66. The number of piperidine rings is 1. The first-order valence-electron chi connectivity index (χ1n) is 13.5. The molecular weight excluding hydrogens is 488 g/mol. The summed E-state index contributed by atoms with van der Waals surface area (Å²) in [6.45, 7) is 12.1. The van der Waals surface area contributed by atoms with Gasteiger partial charge in [0.15, 0.2) is 0 Å². The summed E-state index contributed by atoms with van der Waals surface area (Å²) in [4.78, 5) is 18.0. The van der Waals surface area contributed by atoms with Gasteiger partial charge in [0.05, 0.1) is 5.75 Å². The summed E-state index contributed by atoms with van der Waals surface area (Å²) in [6, 6.07) is 4.12. The van der Waals surface area contributed by atoms with Gasteiger partial charge < -0.3 is 10.6 Å². The van der Waals surface area contributed by atoms with Gasteiger partial charge in [0.1, 0.15) is 11.4 Å². The predicted octanol–water partition coefficient (Wildman–Crippen LogP) is 4.48. The van der Waals surface area contributed by atoms with Crippen molar-refractivity contribution < 1.29 is 13.2 Å². The Kier molecular flexibility index (Phi) is 7.75. The maximum Gasteiger partial charge on any atom is 0.253 e. The number of nitrogens with zero attached hydrogens (tertiary/aromatic N) is 2. The number of aliphatic imine (C=N–C) groups is 1. The largest absolute Gasteiger partial charge is 0.388 e. The molecule has 1 spiro atoms. The van der Waals surface area contributed by atoms with E-state index in [1.807, 2.05) is 20.9 Å². The SMILES string of the molecule is CNc1cc(C)c(CCS(=O)(=O)N2CCC3(CC2)N=C(C2CCC([Si](C)(C)C)CC2)NC3=O)c(C)c1. The highest BCUT2D eigenvalue weighted by molar-refractivity contribution is 7.89. The average molecular weight is 533 g/mol. The van der Waals surface area contributed by atoms with Crippen LogP contribution < -0.4 is 10.6 Å². The first-order chi connectivity index (χ1) is 16.8. The zero-order chi connectivity index (χ0) is 26.3. The lowest BCUT2D eigenvalue weighted by Crippen LogP contribution is -2.51. The second kappa shape index (κ2) is 10.2. The van der Waals surface area contributed by atoms with Crippen LogP contribution >= 0.6 is 0 Å². The van der Waals surface area contributed by atoms with Crippen LogP contribution in [0.3, 0.4) is 0 Å². The van der Waals surface area contributed by atoms with Crippen molar-refractivity contribution in [2.75, 3.05) is 31.2 Å². The minimum Gasteiger partial charge on any atom is -0.388 e. The standard InChI is InChI=1S/C27H44N4O3SSi/c1-19-17-22(28-3)18-20(2)24(19)11-16-35(33,34)31-14-12-27(13-15-31)26(32)29-25(30-27)21-7-9-23(10-8-21)36(4,5)6/h17-18,21,23,28H,7-16H2,1-6H3,(H,29,30,32). The van der Waals surface area contributed by atoms with Crippen LogP contribution in [0.25, 0.3) is 0 Å². The Morgan fingerprint density at radius 3 is 2.19 bits per heavy atom. The molecule has 0 radical (unpaired) electrons. The summed E-state index contributed by atoms with van der Waals surface area (Å²) in [5.74, 6) is 1.25. The van der Waals surface area contributed by atoms with E-state index in [4.69, 9.17) is 4.99 Å². The molecule has 0 aromatic heterocycles. The highest BCUT2D eigenvalue weighted by Gasteiger charge is 2.48. The summed E-state index contributed by atoms with van der Waals surface area (Å²) in [5, 5.41) is 6.26. The fourth-order valence-electron chi connectivity index (χ4n) is 6.33. The Morgan fingerprint density at radius 1 is 1.08 bits per heavy atom. The molecule has 2 aliphatic heterocycles. The molecule has 2 heterocycles. The molecule has 3 aliphatic rings. The summed E-state index contributed by atoms with van der Waals surface area (Å²) < 4.78 is 28.0. The molecule has 0 unspecified atom stereocenters. The van der Waals surface area contributed by atoms with Crippen LogP contribution in [0.5, 0.6) is 0 Å². The highest BCUT2D eigenvalue weighted by Crippen LogP contribution is 2.41. The van der Waals surface area contributed by atoms with E-state index in [1.54, 1.807) is 4.31 Å². The van der Waals surface area contributed by atoms with Gasteiger partial charge in [0.25, 0.3) is 5.91 Å². The van der Waals surface area contributed by atoms with E-state index in [9.17, 15) is 13.2 Å². The van der Waals surface area contributed by atoms with Crippen LogP contribution in [0.4, 0.5) is 5.69 Å². The van der Waals surface area contributed by atoms with Crippen molar-refractivity contribution in [3.63, 3.8) is 0 Å². The van der Waals surface area contributed by atoms with Crippen LogP contribution in [0.1, 0.15) is 55.2 Å². The first kappa shape index (κ1) is 27.3. The third kappa shape index (κ3) is 5.58. The third-order valence-electron chi connectivity index (χ3n) is 8.88. The van der Waals surface area contributed by atoms with Crippen LogP contribution in [0.2, 0.25) is 25.2 Å². The van der Waals surface area contributed by atoms with E-state index in [0.717, 1.165) is 46.6 Å². The second-order valence-corrected chi connectivity index (χ2v) is 19.8. The molecule has 4 rings (SSSR count). The van der Waals surface area contributed by atoms with E-state index in [1.165, 1.54) is 12.8 Å². The molecule has 1 saturated carbocycles. The average Bonchev–Trinajstić information content (AvgIpc) is 3.13. The summed E-state index contributed by atoms with van der Waals surface area (Å²) in [5.41, 5.74) is 4.41. The number of carbonyl (C=O) groups excluding carboxylic acids is 1. The molecule has 1 aliphatic carbocycles. The Morgan fingerprint density at radius 2 is 1.67 bits per heavy atom. The van der Waals surface area contributed by atoms with Crippen molar-refractivity contribution in [1.29, 1.82) is 0 Å². The normalized spacial score (nSPS) is 25.1. The van der Waals surface area contributed by atoms with Crippen molar-refractivity contribution in [3.05, 3.63) is 28.8 Å². The van der Waals surface area contributed by atoms with Gasteiger partial charge in [-0.2, -0.15) is 0 Å². The quantitative estimate of drug-likeness (QED) is 0.507. The topological polar surface area (TPSA) is 90.9 Å². The lowest BCUT2D eigenvalue weighted by molar-refractivity contribution is -0.125. The number of nitrogens with one attached hydrogen (secondary N) is 2. The number of aryl methyl sites for hydroxylation is 2. The van der Waals surface area contributed by atoms with Gasteiger partial charge in [-0.1, -0.05) is 32.5 Å². The Balaban J connectivity index is 1.36. The Labute approximate surface area is 218 Å². The number of hydrogen-bond acceptors (Lipinski definition) is 5. The molecular formula is C27H44N4O3SSi. The van der Waals surface area contributed by atoms with Gasteiger partial charge in [-0.05, 0) is 80.3 Å². The van der Waals surface area contributed by atoms with Crippen LogP contribution in [-0.2, 0) is 21.2 Å². The maximum atomic E-state index is 13.2. The fraction of sp³-hybridized carbons (Fsp3) is 0.704. The second-order valence-electron chi connectivity index (χ2n) is 12.2. The number of sulfonamides is 1. The van der Waals surface area contributed by atoms with E-state index < -0.39 is 23.6 Å². The molecule has 200 valence electrons. The van der Waals surface area contributed by atoms with Gasteiger partial charge in [-0.15, -0.1) is 0 Å². The Hall–Kier alpha value is -1.71. The first-order valence-corrected chi connectivity index (χ1v) is 18.7. The van der Waals surface area contributed by atoms with Crippen molar-refractivity contribution in [2.45, 2.75) is 89.5 Å². The van der Waals surface area contributed by atoms with E-state index in [0.29, 0.717) is 38.3 Å². The van der Waals surface area contributed by atoms with E-state index in [2.05, 4.69) is 42.4 Å². The molecule has 1 amide bonds. The minimum atomic E-state index is -3.41. The smallest absolute Gasteiger partial charge is 0.253 e. The molecule has 9 heteroatoms. The van der Waals surface area contributed by atoms with Crippen LogP contribution in [-0.4, -0.2) is 64.0 Å². The summed E-state index contributed by atoms with van der Waals surface area (Å²) in [6.07, 6.45) is 6.06. The lowest BCUT2D eigenvalue weighted by atomic mass is 9.87. The van der Waals surface area contributed by atoms with Crippen LogP contribution in [0.15, 0.2) is 17.1 Å². The molecule has 0 atom stereocenters. The number of rotatable bonds is 7. The molecule has 2 fully saturated rings. The zero-order valence-electron chi connectivity index (χ0n) is 22.9. The predicted molar refractivity (Wildman–Crippen MR) is 151 cm³/mol. The van der Waals surface area contributed by atoms with E-state index >= 15 is 0 Å². The third-order valence-corrected chi connectivity index (χ3v) is 13.8. The number of amidine groups is 1. The van der Waals surface area contributed by atoms with Crippen molar-refractivity contribution in [3.8, 4) is 0 Å². The number of amides is 1. The molecule has 1 aromatic carbocycles. The maximum absolute atomic E-state index is 13.2. The van der Waals surface area contributed by atoms with Gasteiger partial charge in [-0.25, -0.2) is 12.7 Å². The molecule has 1 saturated heterocycles. The van der Waals surface area contributed by atoms with Gasteiger partial charge in [0, 0.05) is 39.8 Å². The molecule has 0 bridgehead atoms. The monoisotopic (exact) mass is 532 g/mol. The van der Waals surface area contributed by atoms with Crippen molar-refractivity contribution in [1.82, 2.24) is 9.62 Å². The summed E-state index contributed by atoms with van der Waals surface area (Å²) >= 11 is 0. The van der Waals surface area contributed by atoms with Crippen molar-refractivity contribution >= 4 is 35.5 Å². The Bertz CT molecular complexity index is 1100. The number of benzene rings is 1. The van der Waals surface area contributed by atoms with Gasteiger partial charge in [0.2, 0.25) is 10.0 Å². The highest BCUT2D eigenvalue weighted by atomic mass is 32.2. The zero-order valence-corrected chi connectivity index (χ0v) is 24.7. The van der Waals surface area contributed by atoms with Crippen LogP contribution in [0, 0.1) is 19.8 Å². The van der Waals surface area contributed by atoms with E-state index in [-0.39, 0.29) is 11.7 Å². The van der Waals surface area contributed by atoms with Crippen molar-refractivity contribution in [2.24, 2.45) is 10.9 Å². The fourth-order valence-corrected chi connectivity index (χ4v) is 9.86. The molecule has 36 heavy (non-hydrogen) atoms. The van der Waals surface area contributed by atoms with Gasteiger partial charge >= 0.3 is 0 Å². The minimum absolute atomic E-state index is 0.0299.